The fraction of sp³-hybridized carbons (Fsp3) is 0.500. The predicted octanol–water partition coefficient (Wildman–Crippen LogP) is 0.963. The number of aromatic carboxylic acids is 1. The third kappa shape index (κ3) is 3.29. The molecule has 0 aromatic heterocycles. The molecule has 2 saturated heterocycles. The molecule has 1 N–H and O–H groups in total. The standard InChI is InChI=1S/C18H23N3O4/c1-3-19-6-8-20(9-7-19)15-11-16(22)21(17(15)23)14-10-13(18(24)25)5-4-12(14)2/h4-5,10,15H,3,6-9,11H2,1-2H3,(H,24,25)/t15-/m1/s1. The van der Waals surface area contributed by atoms with E-state index in [1.165, 1.54) is 17.0 Å². The van der Waals surface area contributed by atoms with E-state index in [0.29, 0.717) is 11.3 Å². The van der Waals surface area contributed by atoms with Crippen LogP contribution in [0.15, 0.2) is 18.2 Å². The lowest BCUT2D eigenvalue weighted by Gasteiger charge is -2.36. The van der Waals surface area contributed by atoms with Crippen LogP contribution < -0.4 is 4.90 Å². The van der Waals surface area contributed by atoms with Crippen LogP contribution in [-0.2, 0) is 9.59 Å². The number of hydrogen-bond donors (Lipinski definition) is 1. The molecule has 2 fully saturated rings. The number of carboxylic acids is 1. The maximum Gasteiger partial charge on any atom is 0.335 e. The van der Waals surface area contributed by atoms with Gasteiger partial charge in [0.25, 0.3) is 5.91 Å². The second-order valence-corrected chi connectivity index (χ2v) is 6.56. The molecule has 7 heteroatoms. The Morgan fingerprint density at radius 2 is 1.88 bits per heavy atom. The van der Waals surface area contributed by atoms with E-state index in [4.69, 9.17) is 0 Å². The molecular weight excluding hydrogens is 322 g/mol. The monoisotopic (exact) mass is 345 g/mol. The molecule has 0 unspecified atom stereocenters. The summed E-state index contributed by atoms with van der Waals surface area (Å²) >= 11 is 0. The van der Waals surface area contributed by atoms with Crippen LogP contribution in [0, 0.1) is 6.92 Å². The number of anilines is 1. The van der Waals surface area contributed by atoms with E-state index < -0.39 is 12.0 Å². The molecular formula is C18H23N3O4. The molecule has 134 valence electrons. The Bertz CT molecular complexity index is 710. The van der Waals surface area contributed by atoms with Crippen LogP contribution >= 0.6 is 0 Å². The Balaban J connectivity index is 1.83. The lowest BCUT2D eigenvalue weighted by molar-refractivity contribution is -0.123. The summed E-state index contributed by atoms with van der Waals surface area (Å²) in [5.41, 5.74) is 1.16. The minimum atomic E-state index is -1.08. The van der Waals surface area contributed by atoms with Crippen LogP contribution in [0.3, 0.4) is 0 Å². The minimum absolute atomic E-state index is 0.0706. The number of rotatable bonds is 4. The first kappa shape index (κ1) is 17.6. The Kier molecular flexibility index (Phi) is 4.87. The smallest absolute Gasteiger partial charge is 0.335 e. The molecule has 7 nitrogen and oxygen atoms in total. The van der Waals surface area contributed by atoms with Crippen molar-refractivity contribution in [2.24, 2.45) is 0 Å². The fourth-order valence-electron chi connectivity index (χ4n) is 3.53. The number of nitrogens with zero attached hydrogens (tertiary/aromatic N) is 3. The highest BCUT2D eigenvalue weighted by Crippen LogP contribution is 2.29. The normalized spacial score (nSPS) is 22.6. The summed E-state index contributed by atoms with van der Waals surface area (Å²) in [7, 11) is 0. The van der Waals surface area contributed by atoms with Crippen LogP contribution in [0.2, 0.25) is 0 Å². The second kappa shape index (κ2) is 6.93. The van der Waals surface area contributed by atoms with Crippen LogP contribution in [0.25, 0.3) is 0 Å². The number of carbonyl (C=O) groups is 3. The van der Waals surface area contributed by atoms with Crippen molar-refractivity contribution in [3.63, 3.8) is 0 Å². The van der Waals surface area contributed by atoms with Gasteiger partial charge >= 0.3 is 5.97 Å². The largest absolute Gasteiger partial charge is 0.478 e. The second-order valence-electron chi connectivity index (χ2n) is 6.56. The molecule has 0 aliphatic carbocycles. The third-order valence-corrected chi connectivity index (χ3v) is 5.11. The molecule has 0 radical (unpaired) electrons. The van der Waals surface area contributed by atoms with E-state index in [1.807, 2.05) is 0 Å². The number of amides is 2. The van der Waals surface area contributed by atoms with Crippen molar-refractivity contribution in [1.29, 1.82) is 0 Å². The van der Waals surface area contributed by atoms with E-state index in [2.05, 4.69) is 16.7 Å². The first-order chi connectivity index (χ1) is 11.9. The molecule has 25 heavy (non-hydrogen) atoms. The zero-order chi connectivity index (χ0) is 18.1. The molecule has 3 rings (SSSR count). The van der Waals surface area contributed by atoms with Crippen molar-refractivity contribution < 1.29 is 19.5 Å². The van der Waals surface area contributed by atoms with Crippen LogP contribution in [0.5, 0.6) is 0 Å². The molecule has 1 aromatic rings. The molecule has 2 amide bonds. The van der Waals surface area contributed by atoms with Crippen molar-refractivity contribution in [3.05, 3.63) is 29.3 Å². The number of carboxylic acid groups (broad SMARTS) is 1. The zero-order valence-corrected chi connectivity index (χ0v) is 14.6. The van der Waals surface area contributed by atoms with E-state index in [1.54, 1.807) is 13.0 Å². The van der Waals surface area contributed by atoms with Crippen molar-refractivity contribution in [1.82, 2.24) is 9.80 Å². The van der Waals surface area contributed by atoms with Gasteiger partial charge in [0.15, 0.2) is 0 Å². The van der Waals surface area contributed by atoms with E-state index in [0.717, 1.165) is 32.7 Å². The Labute approximate surface area is 146 Å². The van der Waals surface area contributed by atoms with Gasteiger partial charge in [-0.05, 0) is 31.2 Å². The Morgan fingerprint density at radius 3 is 2.48 bits per heavy atom. The van der Waals surface area contributed by atoms with Gasteiger partial charge in [0.05, 0.1) is 23.7 Å². The topological polar surface area (TPSA) is 81.2 Å². The summed E-state index contributed by atoms with van der Waals surface area (Å²) in [6.45, 7) is 8.18. The van der Waals surface area contributed by atoms with Crippen LogP contribution in [0.4, 0.5) is 5.69 Å². The molecule has 1 aromatic carbocycles. The number of carbonyl (C=O) groups excluding carboxylic acids is 2. The average Bonchev–Trinajstić information content (AvgIpc) is 2.90. The lowest BCUT2D eigenvalue weighted by atomic mass is 10.1. The summed E-state index contributed by atoms with van der Waals surface area (Å²) < 4.78 is 0. The van der Waals surface area contributed by atoms with Gasteiger partial charge in [-0.25, -0.2) is 9.69 Å². The van der Waals surface area contributed by atoms with Gasteiger partial charge in [-0.2, -0.15) is 0 Å². The maximum atomic E-state index is 12.9. The first-order valence-electron chi connectivity index (χ1n) is 8.59. The average molecular weight is 345 g/mol. The SMILES string of the molecule is CCN1CCN([C@@H]2CC(=O)N(c3cc(C(=O)O)ccc3C)C2=O)CC1. The summed E-state index contributed by atoms with van der Waals surface area (Å²) in [6.07, 6.45) is 0.154. The van der Waals surface area contributed by atoms with Crippen LogP contribution in [0.1, 0.15) is 29.3 Å². The third-order valence-electron chi connectivity index (χ3n) is 5.11. The number of hydrogen-bond acceptors (Lipinski definition) is 5. The first-order valence-corrected chi connectivity index (χ1v) is 8.59. The quantitative estimate of drug-likeness (QED) is 0.819. The Morgan fingerprint density at radius 1 is 1.20 bits per heavy atom. The van der Waals surface area contributed by atoms with Gasteiger partial charge in [-0.3, -0.25) is 14.5 Å². The molecule has 0 spiro atoms. The fourth-order valence-corrected chi connectivity index (χ4v) is 3.53. The highest BCUT2D eigenvalue weighted by Gasteiger charge is 2.43. The summed E-state index contributed by atoms with van der Waals surface area (Å²) in [6, 6.07) is 4.07. The van der Waals surface area contributed by atoms with E-state index in [-0.39, 0.29) is 23.8 Å². The highest BCUT2D eigenvalue weighted by molar-refractivity contribution is 6.23. The molecule has 0 saturated carbocycles. The van der Waals surface area contributed by atoms with Crippen LogP contribution in [-0.4, -0.2) is 71.5 Å². The van der Waals surface area contributed by atoms with E-state index >= 15 is 0 Å². The molecule has 2 aliphatic rings. The summed E-state index contributed by atoms with van der Waals surface area (Å²) in [5, 5.41) is 9.18. The number of benzene rings is 1. The number of likely N-dealkylation sites (N-methyl/N-ethyl adjacent to an activating group) is 1. The van der Waals surface area contributed by atoms with Gasteiger partial charge in [-0.15, -0.1) is 0 Å². The lowest BCUT2D eigenvalue weighted by Crippen LogP contribution is -2.52. The van der Waals surface area contributed by atoms with Crippen molar-refractivity contribution in [2.75, 3.05) is 37.6 Å². The van der Waals surface area contributed by atoms with Gasteiger partial charge in [0, 0.05) is 26.2 Å². The molecule has 2 aliphatic heterocycles. The summed E-state index contributed by atoms with van der Waals surface area (Å²) in [4.78, 5) is 42.2. The number of piperazine rings is 1. The van der Waals surface area contributed by atoms with Crippen molar-refractivity contribution in [2.45, 2.75) is 26.3 Å². The Hall–Kier alpha value is -2.25. The number of imide groups is 1. The van der Waals surface area contributed by atoms with Crippen molar-refractivity contribution in [3.8, 4) is 0 Å². The van der Waals surface area contributed by atoms with E-state index in [9.17, 15) is 19.5 Å². The van der Waals surface area contributed by atoms with Gasteiger partial charge in [0.1, 0.15) is 0 Å². The maximum absolute atomic E-state index is 12.9. The summed E-state index contributed by atoms with van der Waals surface area (Å²) in [5.74, 6) is -1.59. The predicted molar refractivity (Wildman–Crippen MR) is 92.7 cm³/mol. The zero-order valence-electron chi connectivity index (χ0n) is 14.6. The molecule has 1 atom stereocenters. The van der Waals surface area contributed by atoms with Gasteiger partial charge in [-0.1, -0.05) is 13.0 Å². The van der Waals surface area contributed by atoms with Gasteiger partial charge < -0.3 is 10.0 Å². The minimum Gasteiger partial charge on any atom is -0.478 e. The molecule has 0 bridgehead atoms. The molecule has 2 heterocycles. The number of aryl methyl sites for hydroxylation is 1. The van der Waals surface area contributed by atoms with Gasteiger partial charge in [0.2, 0.25) is 5.91 Å². The van der Waals surface area contributed by atoms with Crippen molar-refractivity contribution >= 4 is 23.5 Å². The highest BCUT2D eigenvalue weighted by atomic mass is 16.4.